The highest BCUT2D eigenvalue weighted by molar-refractivity contribution is 5.75. The molecule has 1 aromatic heterocycles. The van der Waals surface area contributed by atoms with Gasteiger partial charge in [-0.2, -0.15) is 0 Å². The molecule has 3 aromatic rings. The lowest BCUT2D eigenvalue weighted by Crippen LogP contribution is -2.35. The van der Waals surface area contributed by atoms with Crippen LogP contribution in [0.3, 0.4) is 0 Å². The van der Waals surface area contributed by atoms with Crippen LogP contribution in [0, 0.1) is 0 Å². The number of aromatic nitrogens is 2. The van der Waals surface area contributed by atoms with Gasteiger partial charge in [0.05, 0.1) is 31.6 Å². The van der Waals surface area contributed by atoms with Gasteiger partial charge in [0.1, 0.15) is 0 Å². The molecule has 0 fully saturated rings. The number of hydrogen-bond donors (Lipinski definition) is 2. The van der Waals surface area contributed by atoms with Crippen molar-refractivity contribution in [2.75, 3.05) is 20.8 Å². The molecular formula is C20H24N4O3. The number of carbonyl (C=O) groups is 1. The molecule has 3 rings (SSSR count). The van der Waals surface area contributed by atoms with E-state index in [1.54, 1.807) is 14.2 Å². The van der Waals surface area contributed by atoms with Crippen molar-refractivity contribution in [1.29, 1.82) is 0 Å². The van der Waals surface area contributed by atoms with Crippen LogP contribution in [-0.2, 0) is 13.1 Å². The molecule has 7 nitrogen and oxygen atoms in total. The second-order valence-electron chi connectivity index (χ2n) is 6.08. The SMILES string of the molecule is COc1ccc(CNC(=O)NCCCn2cnc3ccccc32)cc1OC. The number of amides is 2. The summed E-state index contributed by atoms with van der Waals surface area (Å²) in [6.45, 7) is 1.80. The van der Waals surface area contributed by atoms with Crippen LogP contribution in [0.2, 0.25) is 0 Å². The standard InChI is InChI=1S/C20H24N4O3/c1-26-18-9-8-15(12-19(18)27-2)13-22-20(25)21-10-5-11-24-14-23-16-6-3-4-7-17(16)24/h3-4,6-9,12,14H,5,10-11,13H2,1-2H3,(H2,21,22,25). The van der Waals surface area contributed by atoms with Crippen LogP contribution in [-0.4, -0.2) is 36.3 Å². The van der Waals surface area contributed by atoms with Crippen LogP contribution in [0.1, 0.15) is 12.0 Å². The van der Waals surface area contributed by atoms with Crippen molar-refractivity contribution in [2.24, 2.45) is 0 Å². The second kappa shape index (κ2) is 8.93. The van der Waals surface area contributed by atoms with Crippen molar-refractivity contribution in [2.45, 2.75) is 19.5 Å². The van der Waals surface area contributed by atoms with Gasteiger partial charge >= 0.3 is 6.03 Å². The molecule has 0 bridgehead atoms. The Hall–Kier alpha value is -3.22. The van der Waals surface area contributed by atoms with E-state index in [0.29, 0.717) is 24.6 Å². The first-order valence-electron chi connectivity index (χ1n) is 8.83. The van der Waals surface area contributed by atoms with E-state index in [4.69, 9.17) is 9.47 Å². The Kier molecular flexibility index (Phi) is 6.14. The van der Waals surface area contributed by atoms with Gasteiger partial charge < -0.3 is 24.7 Å². The number of rotatable bonds is 8. The number of nitrogens with one attached hydrogen (secondary N) is 2. The number of carbonyl (C=O) groups excluding carboxylic acids is 1. The Bertz CT molecular complexity index is 907. The lowest BCUT2D eigenvalue weighted by atomic mass is 10.2. The lowest BCUT2D eigenvalue weighted by Gasteiger charge is -2.11. The molecule has 2 aromatic carbocycles. The lowest BCUT2D eigenvalue weighted by molar-refractivity contribution is 0.240. The average molecular weight is 368 g/mol. The van der Waals surface area contributed by atoms with Gasteiger partial charge in [0.25, 0.3) is 0 Å². The normalized spacial score (nSPS) is 10.6. The number of nitrogens with zero attached hydrogens (tertiary/aromatic N) is 2. The molecule has 0 aliphatic carbocycles. The van der Waals surface area contributed by atoms with Crippen molar-refractivity contribution in [3.8, 4) is 11.5 Å². The molecule has 1 heterocycles. The molecule has 0 aliphatic heterocycles. The van der Waals surface area contributed by atoms with Crippen LogP contribution in [0.5, 0.6) is 11.5 Å². The monoisotopic (exact) mass is 368 g/mol. The fourth-order valence-corrected chi connectivity index (χ4v) is 2.88. The molecular weight excluding hydrogens is 344 g/mol. The van der Waals surface area contributed by atoms with Crippen LogP contribution in [0.15, 0.2) is 48.8 Å². The summed E-state index contributed by atoms with van der Waals surface area (Å²) in [5.74, 6) is 1.31. The zero-order chi connectivity index (χ0) is 19.1. The summed E-state index contributed by atoms with van der Waals surface area (Å²) in [6, 6.07) is 13.4. The third kappa shape index (κ3) is 4.69. The smallest absolute Gasteiger partial charge is 0.315 e. The summed E-state index contributed by atoms with van der Waals surface area (Å²) in [6.07, 6.45) is 2.66. The van der Waals surface area contributed by atoms with Crippen molar-refractivity contribution in [3.63, 3.8) is 0 Å². The first-order chi connectivity index (χ1) is 13.2. The first-order valence-corrected chi connectivity index (χ1v) is 8.83. The van der Waals surface area contributed by atoms with Crippen molar-refractivity contribution < 1.29 is 14.3 Å². The molecule has 0 atom stereocenters. The van der Waals surface area contributed by atoms with E-state index in [1.807, 2.05) is 48.8 Å². The van der Waals surface area contributed by atoms with Gasteiger partial charge in [0.15, 0.2) is 11.5 Å². The van der Waals surface area contributed by atoms with Gasteiger partial charge in [-0.1, -0.05) is 18.2 Å². The molecule has 7 heteroatoms. The average Bonchev–Trinajstić information content (AvgIpc) is 3.12. The number of imidazole rings is 1. The first kappa shape index (κ1) is 18.6. The summed E-state index contributed by atoms with van der Waals surface area (Å²) < 4.78 is 12.6. The topological polar surface area (TPSA) is 77.4 Å². The molecule has 142 valence electrons. The maximum absolute atomic E-state index is 12.0. The van der Waals surface area contributed by atoms with E-state index in [1.165, 1.54) is 0 Å². The Morgan fingerprint density at radius 3 is 2.70 bits per heavy atom. The minimum Gasteiger partial charge on any atom is -0.493 e. The third-order valence-electron chi connectivity index (χ3n) is 4.29. The molecule has 2 amide bonds. The molecule has 0 spiro atoms. The maximum atomic E-state index is 12.0. The Morgan fingerprint density at radius 2 is 1.89 bits per heavy atom. The minimum atomic E-state index is -0.194. The molecule has 2 N–H and O–H groups in total. The van der Waals surface area contributed by atoms with Crippen molar-refractivity contribution in [3.05, 3.63) is 54.4 Å². The van der Waals surface area contributed by atoms with Gasteiger partial charge in [-0.25, -0.2) is 9.78 Å². The largest absolute Gasteiger partial charge is 0.493 e. The Morgan fingerprint density at radius 1 is 1.07 bits per heavy atom. The molecule has 0 radical (unpaired) electrons. The number of aryl methyl sites for hydroxylation is 1. The van der Waals surface area contributed by atoms with E-state index in [2.05, 4.69) is 20.2 Å². The summed E-state index contributed by atoms with van der Waals surface area (Å²) in [7, 11) is 3.18. The van der Waals surface area contributed by atoms with Gasteiger partial charge in [-0.15, -0.1) is 0 Å². The fourth-order valence-electron chi connectivity index (χ4n) is 2.88. The number of fused-ring (bicyclic) bond motifs is 1. The van der Waals surface area contributed by atoms with Crippen LogP contribution < -0.4 is 20.1 Å². The molecule has 0 unspecified atom stereocenters. The zero-order valence-corrected chi connectivity index (χ0v) is 15.6. The van der Waals surface area contributed by atoms with E-state index in [-0.39, 0.29) is 6.03 Å². The summed E-state index contributed by atoms with van der Waals surface area (Å²) in [4.78, 5) is 16.3. The van der Waals surface area contributed by atoms with E-state index >= 15 is 0 Å². The predicted octanol–water partition coefficient (Wildman–Crippen LogP) is 2.94. The Labute approximate surface area is 158 Å². The number of urea groups is 1. The van der Waals surface area contributed by atoms with E-state index in [0.717, 1.165) is 29.6 Å². The predicted molar refractivity (Wildman–Crippen MR) is 104 cm³/mol. The van der Waals surface area contributed by atoms with Gasteiger partial charge in [0.2, 0.25) is 0 Å². The number of hydrogen-bond acceptors (Lipinski definition) is 4. The highest BCUT2D eigenvalue weighted by Crippen LogP contribution is 2.27. The van der Waals surface area contributed by atoms with Crippen LogP contribution in [0.4, 0.5) is 4.79 Å². The number of methoxy groups -OCH3 is 2. The van der Waals surface area contributed by atoms with Crippen LogP contribution >= 0.6 is 0 Å². The van der Waals surface area contributed by atoms with E-state index < -0.39 is 0 Å². The van der Waals surface area contributed by atoms with Crippen molar-refractivity contribution >= 4 is 17.1 Å². The number of para-hydroxylation sites is 2. The summed E-state index contributed by atoms with van der Waals surface area (Å²) in [5, 5.41) is 5.72. The fraction of sp³-hybridized carbons (Fsp3) is 0.300. The van der Waals surface area contributed by atoms with Crippen LogP contribution in [0.25, 0.3) is 11.0 Å². The van der Waals surface area contributed by atoms with E-state index in [9.17, 15) is 4.79 Å². The molecule has 0 aliphatic rings. The zero-order valence-electron chi connectivity index (χ0n) is 15.6. The molecule has 0 saturated heterocycles. The highest BCUT2D eigenvalue weighted by Gasteiger charge is 2.06. The maximum Gasteiger partial charge on any atom is 0.315 e. The molecule has 27 heavy (non-hydrogen) atoms. The van der Waals surface area contributed by atoms with Gasteiger partial charge in [-0.05, 0) is 36.2 Å². The number of ether oxygens (including phenoxy) is 2. The third-order valence-corrected chi connectivity index (χ3v) is 4.29. The highest BCUT2D eigenvalue weighted by atomic mass is 16.5. The quantitative estimate of drug-likeness (QED) is 0.599. The second-order valence-corrected chi connectivity index (χ2v) is 6.08. The van der Waals surface area contributed by atoms with Gasteiger partial charge in [0, 0.05) is 19.6 Å². The summed E-state index contributed by atoms with van der Waals surface area (Å²) >= 11 is 0. The van der Waals surface area contributed by atoms with Crippen molar-refractivity contribution in [1.82, 2.24) is 20.2 Å². The molecule has 0 saturated carbocycles. The van der Waals surface area contributed by atoms with Gasteiger partial charge in [-0.3, -0.25) is 0 Å². The minimum absolute atomic E-state index is 0.194. The number of benzene rings is 2. The summed E-state index contributed by atoms with van der Waals surface area (Å²) in [5.41, 5.74) is 3.03. The Balaban J connectivity index is 1.41.